The lowest BCUT2D eigenvalue weighted by molar-refractivity contribution is 0.308. The summed E-state index contributed by atoms with van der Waals surface area (Å²) in [6.07, 6.45) is 8.91. The Balaban J connectivity index is 1.67. The summed E-state index contributed by atoms with van der Waals surface area (Å²) in [4.78, 5) is 0.225. The Morgan fingerprint density at radius 1 is 0.741 bits per heavy atom. The van der Waals surface area contributed by atoms with Gasteiger partial charge in [-0.05, 0) is 62.3 Å². The van der Waals surface area contributed by atoms with Crippen LogP contribution in [0.15, 0.2) is 53.4 Å². The summed E-state index contributed by atoms with van der Waals surface area (Å²) in [7, 11) is -3.64. The summed E-state index contributed by atoms with van der Waals surface area (Å²) in [6.45, 7) is 4.39. The minimum absolute atomic E-state index is 0.225. The molecule has 0 aliphatic heterocycles. The van der Waals surface area contributed by atoms with Crippen molar-refractivity contribution in [3.05, 3.63) is 65.2 Å². The second-order valence-corrected chi connectivity index (χ2v) is 8.79. The molecule has 2 aromatic carbocycles. The van der Waals surface area contributed by atoms with Crippen molar-refractivity contribution in [2.75, 3.05) is 6.61 Å². The van der Waals surface area contributed by atoms with E-state index in [2.05, 4.69) is 31.2 Å². The van der Waals surface area contributed by atoms with Gasteiger partial charge >= 0.3 is 0 Å². The molecule has 2 aromatic rings. The topological polar surface area (TPSA) is 43.4 Å². The second-order valence-electron chi connectivity index (χ2n) is 7.17. The van der Waals surface area contributed by atoms with E-state index in [4.69, 9.17) is 4.18 Å². The number of rotatable bonds is 12. The Morgan fingerprint density at radius 2 is 1.30 bits per heavy atom. The molecular formula is C23H32O3S. The summed E-state index contributed by atoms with van der Waals surface area (Å²) in [6, 6.07) is 15.6. The van der Waals surface area contributed by atoms with Crippen LogP contribution in [0.3, 0.4) is 0 Å². The first-order valence-electron chi connectivity index (χ1n) is 10.0. The molecule has 0 aliphatic carbocycles. The van der Waals surface area contributed by atoms with E-state index in [0.29, 0.717) is 0 Å². The van der Waals surface area contributed by atoms with Gasteiger partial charge in [-0.15, -0.1) is 0 Å². The normalized spacial score (nSPS) is 11.6. The highest BCUT2D eigenvalue weighted by molar-refractivity contribution is 7.86. The van der Waals surface area contributed by atoms with Gasteiger partial charge in [-0.1, -0.05) is 68.1 Å². The van der Waals surface area contributed by atoms with Gasteiger partial charge in [-0.2, -0.15) is 8.42 Å². The summed E-state index contributed by atoms with van der Waals surface area (Å²) >= 11 is 0. The zero-order valence-corrected chi connectivity index (χ0v) is 17.4. The number of unbranched alkanes of at least 4 members (excludes halogenated alkanes) is 4. The van der Waals surface area contributed by atoms with E-state index >= 15 is 0 Å². The van der Waals surface area contributed by atoms with Gasteiger partial charge in [0.25, 0.3) is 10.1 Å². The Morgan fingerprint density at radius 3 is 1.85 bits per heavy atom. The van der Waals surface area contributed by atoms with Crippen molar-refractivity contribution in [3.8, 4) is 0 Å². The highest BCUT2D eigenvalue weighted by Crippen LogP contribution is 2.15. The zero-order valence-electron chi connectivity index (χ0n) is 16.6. The first kappa shape index (κ1) is 21.6. The molecule has 0 aliphatic rings. The largest absolute Gasteiger partial charge is 0.296 e. The lowest BCUT2D eigenvalue weighted by Crippen LogP contribution is -2.07. The molecule has 0 aromatic heterocycles. The lowest BCUT2D eigenvalue weighted by Gasteiger charge is -2.07. The summed E-state index contributed by atoms with van der Waals surface area (Å²) in [5.41, 5.74) is 3.73. The van der Waals surface area contributed by atoms with Crippen LogP contribution in [-0.2, 0) is 27.1 Å². The van der Waals surface area contributed by atoms with E-state index in [9.17, 15) is 8.42 Å². The molecule has 0 amide bonds. The third kappa shape index (κ3) is 7.86. The van der Waals surface area contributed by atoms with Crippen LogP contribution in [0.1, 0.15) is 62.1 Å². The first-order chi connectivity index (χ1) is 13.0. The number of aryl methyl sites for hydroxylation is 3. The van der Waals surface area contributed by atoms with Crippen LogP contribution in [0.25, 0.3) is 0 Å². The number of hydrogen-bond donors (Lipinski definition) is 0. The minimum atomic E-state index is -3.64. The van der Waals surface area contributed by atoms with Gasteiger partial charge in [-0.3, -0.25) is 4.18 Å². The van der Waals surface area contributed by atoms with Crippen molar-refractivity contribution in [2.45, 2.75) is 70.1 Å². The van der Waals surface area contributed by atoms with E-state index in [1.54, 1.807) is 24.3 Å². The predicted octanol–water partition coefficient (Wildman–Crippen LogP) is 5.85. The molecule has 0 saturated carbocycles. The standard InChI is InChI=1S/C23H32O3S/c1-3-4-5-6-9-21-13-15-22(16-14-21)10-7-8-19-26-27(24,25)23-17-11-20(2)12-18-23/h11-18H,3-10,19H2,1-2H3. The van der Waals surface area contributed by atoms with Crippen LogP contribution in [0.5, 0.6) is 0 Å². The Hall–Kier alpha value is -1.65. The maximum Gasteiger partial charge on any atom is 0.296 e. The molecule has 148 valence electrons. The Labute approximate surface area is 164 Å². The molecule has 0 spiro atoms. The third-order valence-electron chi connectivity index (χ3n) is 4.75. The van der Waals surface area contributed by atoms with Crippen molar-refractivity contribution in [2.24, 2.45) is 0 Å². The fourth-order valence-electron chi connectivity index (χ4n) is 3.00. The van der Waals surface area contributed by atoms with Gasteiger partial charge in [-0.25, -0.2) is 0 Å². The van der Waals surface area contributed by atoms with Crippen LogP contribution in [-0.4, -0.2) is 15.0 Å². The summed E-state index contributed by atoms with van der Waals surface area (Å²) in [5, 5.41) is 0. The van der Waals surface area contributed by atoms with Gasteiger partial charge < -0.3 is 0 Å². The second kappa shape index (κ2) is 11.3. The molecule has 0 bridgehead atoms. The first-order valence-corrected chi connectivity index (χ1v) is 11.5. The Bertz CT molecular complexity index is 762. The fourth-order valence-corrected chi connectivity index (χ4v) is 3.94. The van der Waals surface area contributed by atoms with Gasteiger partial charge in [0.2, 0.25) is 0 Å². The molecule has 3 nitrogen and oxygen atoms in total. The molecule has 0 radical (unpaired) electrons. The fraction of sp³-hybridized carbons (Fsp3) is 0.478. The van der Waals surface area contributed by atoms with E-state index in [1.807, 2.05) is 6.92 Å². The number of benzene rings is 2. The molecule has 0 fully saturated rings. The van der Waals surface area contributed by atoms with Crippen LogP contribution in [0.2, 0.25) is 0 Å². The average Bonchev–Trinajstić information content (AvgIpc) is 2.66. The predicted molar refractivity (Wildman–Crippen MR) is 112 cm³/mol. The lowest BCUT2D eigenvalue weighted by atomic mass is 10.0. The van der Waals surface area contributed by atoms with Crippen molar-refractivity contribution in [1.29, 1.82) is 0 Å². The SMILES string of the molecule is CCCCCCc1ccc(CCCCOS(=O)(=O)c2ccc(C)cc2)cc1. The molecule has 0 unspecified atom stereocenters. The molecule has 0 N–H and O–H groups in total. The highest BCUT2D eigenvalue weighted by Gasteiger charge is 2.14. The van der Waals surface area contributed by atoms with Crippen LogP contribution >= 0.6 is 0 Å². The highest BCUT2D eigenvalue weighted by atomic mass is 32.2. The molecule has 0 atom stereocenters. The average molecular weight is 389 g/mol. The summed E-state index contributed by atoms with van der Waals surface area (Å²) in [5.74, 6) is 0. The van der Waals surface area contributed by atoms with Crippen molar-refractivity contribution in [1.82, 2.24) is 0 Å². The van der Waals surface area contributed by atoms with Crippen molar-refractivity contribution in [3.63, 3.8) is 0 Å². The van der Waals surface area contributed by atoms with Crippen LogP contribution < -0.4 is 0 Å². The molecule has 0 heterocycles. The van der Waals surface area contributed by atoms with Crippen molar-refractivity contribution < 1.29 is 12.6 Å². The van der Waals surface area contributed by atoms with Crippen molar-refractivity contribution >= 4 is 10.1 Å². The third-order valence-corrected chi connectivity index (χ3v) is 6.08. The zero-order chi connectivity index (χ0) is 19.5. The molecule has 0 saturated heterocycles. The summed E-state index contributed by atoms with van der Waals surface area (Å²) < 4.78 is 29.4. The van der Waals surface area contributed by atoms with E-state index in [1.165, 1.54) is 36.8 Å². The maximum atomic E-state index is 12.1. The van der Waals surface area contributed by atoms with Crippen LogP contribution in [0.4, 0.5) is 0 Å². The van der Waals surface area contributed by atoms with E-state index in [-0.39, 0.29) is 11.5 Å². The van der Waals surface area contributed by atoms with Crippen LogP contribution in [0, 0.1) is 6.92 Å². The quantitative estimate of drug-likeness (QED) is 0.338. The minimum Gasteiger partial charge on any atom is -0.266 e. The van der Waals surface area contributed by atoms with Gasteiger partial charge in [0.15, 0.2) is 0 Å². The molecule has 2 rings (SSSR count). The van der Waals surface area contributed by atoms with Gasteiger partial charge in [0.1, 0.15) is 0 Å². The monoisotopic (exact) mass is 388 g/mol. The number of hydrogen-bond acceptors (Lipinski definition) is 3. The smallest absolute Gasteiger partial charge is 0.266 e. The molecule has 27 heavy (non-hydrogen) atoms. The van der Waals surface area contributed by atoms with Gasteiger partial charge in [0, 0.05) is 0 Å². The van der Waals surface area contributed by atoms with E-state index < -0.39 is 10.1 Å². The molecule has 4 heteroatoms. The van der Waals surface area contributed by atoms with E-state index in [0.717, 1.165) is 31.2 Å². The van der Waals surface area contributed by atoms with Gasteiger partial charge in [0.05, 0.1) is 11.5 Å². The Kier molecular flexibility index (Phi) is 9.02. The maximum absolute atomic E-state index is 12.1. The molecular weight excluding hydrogens is 356 g/mol.